The molecule has 0 atom stereocenters. The van der Waals surface area contributed by atoms with Crippen LogP contribution in [0.25, 0.3) is 0 Å². The predicted octanol–water partition coefficient (Wildman–Crippen LogP) is 2.07. The van der Waals surface area contributed by atoms with E-state index >= 15 is 0 Å². The molecule has 0 saturated heterocycles. The molecule has 94 valence electrons. The molecule has 0 aromatic rings. The Hall–Kier alpha value is -0.570. The smallest absolute Gasteiger partial charge is 0.234 e. The van der Waals surface area contributed by atoms with Gasteiger partial charge in [-0.3, -0.25) is 4.79 Å². The normalized spacial score (nSPS) is 16.2. The van der Waals surface area contributed by atoms with Gasteiger partial charge in [0.05, 0.1) is 6.54 Å². The third-order valence-electron chi connectivity index (χ3n) is 3.31. The summed E-state index contributed by atoms with van der Waals surface area (Å²) in [5.41, 5.74) is -0.0766. The first kappa shape index (κ1) is 13.5. The van der Waals surface area contributed by atoms with Crippen molar-refractivity contribution in [2.45, 2.75) is 58.4 Å². The molecule has 0 radical (unpaired) electrons. The van der Waals surface area contributed by atoms with Gasteiger partial charge in [-0.05, 0) is 45.6 Å². The van der Waals surface area contributed by atoms with E-state index < -0.39 is 0 Å². The fraction of sp³-hybridized carbons (Fsp3) is 0.923. The van der Waals surface area contributed by atoms with Crippen LogP contribution in [0.3, 0.4) is 0 Å². The van der Waals surface area contributed by atoms with Crippen LogP contribution < -0.4 is 10.6 Å². The van der Waals surface area contributed by atoms with E-state index in [9.17, 15) is 4.79 Å². The summed E-state index contributed by atoms with van der Waals surface area (Å²) in [5, 5.41) is 6.22. The molecule has 1 amide bonds. The molecule has 1 fully saturated rings. The fourth-order valence-electron chi connectivity index (χ4n) is 1.63. The number of nitrogens with one attached hydrogen (secondary N) is 2. The monoisotopic (exact) mass is 226 g/mol. The van der Waals surface area contributed by atoms with Gasteiger partial charge in [0.1, 0.15) is 0 Å². The van der Waals surface area contributed by atoms with Crippen molar-refractivity contribution in [3.05, 3.63) is 0 Å². The van der Waals surface area contributed by atoms with Gasteiger partial charge in [0.25, 0.3) is 0 Å². The van der Waals surface area contributed by atoms with Gasteiger partial charge in [-0.2, -0.15) is 0 Å². The highest BCUT2D eigenvalue weighted by Crippen LogP contribution is 2.33. The Morgan fingerprint density at radius 3 is 2.62 bits per heavy atom. The van der Waals surface area contributed by atoms with Gasteiger partial charge < -0.3 is 10.6 Å². The average molecular weight is 226 g/mol. The second-order valence-electron chi connectivity index (χ2n) is 5.55. The topological polar surface area (TPSA) is 41.1 Å². The summed E-state index contributed by atoms with van der Waals surface area (Å²) in [4.78, 5) is 11.6. The van der Waals surface area contributed by atoms with E-state index in [4.69, 9.17) is 0 Å². The van der Waals surface area contributed by atoms with Crippen molar-refractivity contribution < 1.29 is 4.79 Å². The summed E-state index contributed by atoms with van der Waals surface area (Å²) >= 11 is 0. The van der Waals surface area contributed by atoms with Crippen LogP contribution in [0.15, 0.2) is 0 Å². The Labute approximate surface area is 99.4 Å². The molecule has 2 N–H and O–H groups in total. The highest BCUT2D eigenvalue weighted by Gasteiger charge is 2.20. The number of amides is 1. The molecular weight excluding hydrogens is 200 g/mol. The van der Waals surface area contributed by atoms with E-state index in [0.717, 1.165) is 18.9 Å². The van der Waals surface area contributed by atoms with Crippen molar-refractivity contribution >= 4 is 5.91 Å². The van der Waals surface area contributed by atoms with Crippen LogP contribution in [0.4, 0.5) is 0 Å². The maximum atomic E-state index is 11.6. The van der Waals surface area contributed by atoms with Gasteiger partial charge in [0, 0.05) is 5.54 Å². The summed E-state index contributed by atoms with van der Waals surface area (Å²) in [6, 6.07) is 0. The third-order valence-corrected chi connectivity index (χ3v) is 3.31. The standard InChI is InChI=1S/C13H26N2O/c1-4-13(2,3)15-12(16)10-14-9-5-6-11-7-8-11/h11,14H,4-10H2,1-3H3,(H,15,16). The lowest BCUT2D eigenvalue weighted by Gasteiger charge is -2.24. The van der Waals surface area contributed by atoms with Gasteiger partial charge in [0.15, 0.2) is 0 Å². The van der Waals surface area contributed by atoms with E-state index in [1.54, 1.807) is 0 Å². The Morgan fingerprint density at radius 1 is 1.38 bits per heavy atom. The van der Waals surface area contributed by atoms with Gasteiger partial charge in [0.2, 0.25) is 5.91 Å². The SMILES string of the molecule is CCC(C)(C)NC(=O)CNCCCC1CC1. The number of hydrogen-bond acceptors (Lipinski definition) is 2. The van der Waals surface area contributed by atoms with Crippen molar-refractivity contribution in [1.29, 1.82) is 0 Å². The lowest BCUT2D eigenvalue weighted by atomic mass is 10.0. The summed E-state index contributed by atoms with van der Waals surface area (Å²) < 4.78 is 0. The minimum absolute atomic E-state index is 0.0766. The second kappa shape index (κ2) is 6.24. The van der Waals surface area contributed by atoms with E-state index in [0.29, 0.717) is 6.54 Å². The van der Waals surface area contributed by atoms with Crippen LogP contribution in [-0.2, 0) is 4.79 Å². The molecular formula is C13H26N2O. The number of carbonyl (C=O) groups excluding carboxylic acids is 1. The molecule has 1 saturated carbocycles. The predicted molar refractivity (Wildman–Crippen MR) is 67.3 cm³/mol. The molecule has 3 heteroatoms. The second-order valence-corrected chi connectivity index (χ2v) is 5.55. The molecule has 3 nitrogen and oxygen atoms in total. The van der Waals surface area contributed by atoms with Gasteiger partial charge >= 0.3 is 0 Å². The van der Waals surface area contributed by atoms with Crippen LogP contribution in [0, 0.1) is 5.92 Å². The number of rotatable bonds is 8. The zero-order valence-electron chi connectivity index (χ0n) is 10.9. The Balaban J connectivity index is 1.96. The maximum absolute atomic E-state index is 11.6. The Bertz CT molecular complexity index is 222. The van der Waals surface area contributed by atoms with Crippen LogP contribution in [-0.4, -0.2) is 24.5 Å². The van der Waals surface area contributed by atoms with Gasteiger partial charge in [-0.1, -0.05) is 19.8 Å². The number of hydrogen-bond donors (Lipinski definition) is 2. The first-order valence-corrected chi connectivity index (χ1v) is 6.55. The third kappa shape index (κ3) is 6.11. The van der Waals surface area contributed by atoms with E-state index in [1.165, 1.54) is 25.7 Å². The quantitative estimate of drug-likeness (QED) is 0.622. The zero-order chi connectivity index (χ0) is 12.0. The Kier molecular flexibility index (Phi) is 5.26. The summed E-state index contributed by atoms with van der Waals surface area (Å²) in [5.74, 6) is 1.10. The van der Waals surface area contributed by atoms with Crippen LogP contribution >= 0.6 is 0 Å². The molecule has 0 spiro atoms. The van der Waals surface area contributed by atoms with Crippen molar-refractivity contribution in [1.82, 2.24) is 10.6 Å². The van der Waals surface area contributed by atoms with Gasteiger partial charge in [-0.25, -0.2) is 0 Å². The molecule has 16 heavy (non-hydrogen) atoms. The first-order valence-electron chi connectivity index (χ1n) is 6.55. The van der Waals surface area contributed by atoms with Crippen LogP contribution in [0.2, 0.25) is 0 Å². The molecule has 0 bridgehead atoms. The zero-order valence-corrected chi connectivity index (χ0v) is 10.9. The van der Waals surface area contributed by atoms with E-state index in [-0.39, 0.29) is 11.4 Å². The van der Waals surface area contributed by atoms with Gasteiger partial charge in [-0.15, -0.1) is 0 Å². The molecule has 1 aliphatic rings. The van der Waals surface area contributed by atoms with E-state index in [2.05, 4.69) is 31.4 Å². The Morgan fingerprint density at radius 2 is 2.06 bits per heavy atom. The highest BCUT2D eigenvalue weighted by molar-refractivity contribution is 5.78. The van der Waals surface area contributed by atoms with Crippen molar-refractivity contribution in [3.8, 4) is 0 Å². The average Bonchev–Trinajstić information content (AvgIpc) is 3.00. The molecule has 0 aliphatic heterocycles. The summed E-state index contributed by atoms with van der Waals surface area (Å²) in [7, 11) is 0. The van der Waals surface area contributed by atoms with Crippen molar-refractivity contribution in [3.63, 3.8) is 0 Å². The van der Waals surface area contributed by atoms with Crippen molar-refractivity contribution in [2.75, 3.05) is 13.1 Å². The minimum atomic E-state index is -0.0766. The molecule has 1 rings (SSSR count). The summed E-state index contributed by atoms with van der Waals surface area (Å²) in [6.45, 7) is 7.61. The molecule has 0 heterocycles. The molecule has 0 aromatic heterocycles. The molecule has 0 unspecified atom stereocenters. The largest absolute Gasteiger partial charge is 0.350 e. The molecule has 0 aromatic carbocycles. The maximum Gasteiger partial charge on any atom is 0.234 e. The lowest BCUT2D eigenvalue weighted by Crippen LogP contribution is -2.46. The first-order chi connectivity index (χ1) is 7.53. The fourth-order valence-corrected chi connectivity index (χ4v) is 1.63. The van der Waals surface area contributed by atoms with Crippen molar-refractivity contribution in [2.24, 2.45) is 5.92 Å². The lowest BCUT2D eigenvalue weighted by molar-refractivity contribution is -0.121. The van der Waals surface area contributed by atoms with E-state index in [1.807, 2.05) is 0 Å². The van der Waals surface area contributed by atoms with Crippen LogP contribution in [0.5, 0.6) is 0 Å². The molecule has 1 aliphatic carbocycles. The summed E-state index contributed by atoms with van der Waals surface area (Å²) in [6.07, 6.45) is 6.33. The highest BCUT2D eigenvalue weighted by atomic mass is 16.2. The number of carbonyl (C=O) groups is 1. The van der Waals surface area contributed by atoms with Crippen LogP contribution in [0.1, 0.15) is 52.9 Å². The minimum Gasteiger partial charge on any atom is -0.350 e.